The van der Waals surface area contributed by atoms with Gasteiger partial charge in [-0.2, -0.15) is 0 Å². The molecule has 0 bridgehead atoms. The predicted molar refractivity (Wildman–Crippen MR) is 36.8 cm³/mol. The van der Waals surface area contributed by atoms with Gasteiger partial charge >= 0.3 is 67.0 Å². The molecule has 0 atom stereocenters. The molecule has 3 heteroatoms. The van der Waals surface area contributed by atoms with Gasteiger partial charge in [0.05, 0.1) is 0 Å². The molecule has 0 fully saturated rings. The van der Waals surface area contributed by atoms with Crippen molar-refractivity contribution in [3.8, 4) is 0 Å². The number of hydrogen-bond donors (Lipinski definition) is 0. The van der Waals surface area contributed by atoms with Crippen molar-refractivity contribution < 1.29 is 4.39 Å². The molecule has 0 aliphatic rings. The summed E-state index contributed by atoms with van der Waals surface area (Å²) < 4.78 is 13.3. The number of halogens is 2. The van der Waals surface area contributed by atoms with Crippen LogP contribution in [0.2, 0.25) is 5.02 Å². The molecule has 0 saturated heterocycles. The average molecular weight is 136 g/mol. The molecule has 1 aromatic carbocycles. The Balaban J connectivity index is 3.17. The Morgan fingerprint density at radius 3 is 2.56 bits per heavy atom. The molecule has 0 nitrogen and oxygen atoms in total. The van der Waals surface area contributed by atoms with Gasteiger partial charge in [-0.3, -0.25) is 0 Å². The third-order valence-electron chi connectivity index (χ3n) is 1.08. The van der Waals surface area contributed by atoms with Crippen molar-refractivity contribution in [1.29, 1.82) is 0 Å². The second-order valence-corrected chi connectivity index (χ2v) is 2.32. The molecule has 0 aliphatic heterocycles. The normalized spacial score (nSPS) is 9.78. The summed E-state index contributed by atoms with van der Waals surface area (Å²) >= 11 is 7.22. The van der Waals surface area contributed by atoms with Gasteiger partial charge in [0.25, 0.3) is 0 Å². The maximum absolute atomic E-state index is 12.4. The van der Waals surface area contributed by atoms with Gasteiger partial charge in [0.1, 0.15) is 0 Å². The zero-order valence-electron chi connectivity index (χ0n) is 4.99. The Hall–Kier alpha value is 0.0374. The van der Waals surface area contributed by atoms with E-state index in [0.717, 1.165) is 4.24 Å². The van der Waals surface area contributed by atoms with Gasteiger partial charge in [-0.1, -0.05) is 0 Å². The fourth-order valence-corrected chi connectivity index (χ4v) is 0.719. The molecule has 0 radical (unpaired) electrons. The van der Waals surface area contributed by atoms with Crippen molar-refractivity contribution in [3.05, 3.63) is 29.0 Å². The third kappa shape index (κ3) is 1.72. The summed E-state index contributed by atoms with van der Waals surface area (Å²) in [6.45, 7) is 0. The van der Waals surface area contributed by atoms with Crippen LogP contribution < -0.4 is 4.24 Å². The standard InChI is InChI=1S/C6H3ClF.Li/c7-5-3-1-2-4-6(5)8;/h1,3-4H;. The maximum atomic E-state index is 12.4. The number of hydrogen-bond acceptors (Lipinski definition) is 0. The molecule has 1 rings (SSSR count). The molecular formula is C6H3ClFLi. The Bertz CT molecular complexity index is 224. The van der Waals surface area contributed by atoms with Crippen LogP contribution in [-0.4, -0.2) is 17.7 Å². The SMILES string of the molecule is [Li][c]1ccc(Cl)c(F)c1. The molecule has 0 unspecified atom stereocenters. The van der Waals surface area contributed by atoms with E-state index < -0.39 is 0 Å². The topological polar surface area (TPSA) is 0 Å². The molecule has 1 aromatic rings. The molecule has 0 aliphatic carbocycles. The summed E-state index contributed by atoms with van der Waals surface area (Å²) in [6.07, 6.45) is 0. The summed E-state index contributed by atoms with van der Waals surface area (Å²) in [5, 5.41) is 0.181. The Labute approximate surface area is 67.2 Å². The van der Waals surface area contributed by atoms with Gasteiger partial charge in [-0.05, 0) is 0 Å². The minimum atomic E-state index is -0.350. The molecule has 9 heavy (non-hydrogen) atoms. The molecule has 0 amide bonds. The van der Waals surface area contributed by atoms with E-state index in [1.807, 2.05) is 17.7 Å². The average Bonchev–Trinajstić information content (AvgIpc) is 1.80. The van der Waals surface area contributed by atoms with Crippen LogP contribution in [0.1, 0.15) is 0 Å². The Kier molecular flexibility index (Phi) is 2.18. The molecule has 0 heterocycles. The van der Waals surface area contributed by atoms with E-state index in [2.05, 4.69) is 0 Å². The van der Waals surface area contributed by atoms with Crippen molar-refractivity contribution in [2.45, 2.75) is 0 Å². The molecule has 0 spiro atoms. The minimum absolute atomic E-state index is 0.181. The first kappa shape index (κ1) is 7.15. The van der Waals surface area contributed by atoms with Crippen LogP contribution in [0.25, 0.3) is 0 Å². The van der Waals surface area contributed by atoms with Crippen LogP contribution in [0.15, 0.2) is 18.2 Å². The van der Waals surface area contributed by atoms with Crippen LogP contribution in [0.3, 0.4) is 0 Å². The monoisotopic (exact) mass is 136 g/mol. The van der Waals surface area contributed by atoms with E-state index in [0.29, 0.717) is 0 Å². The molecular weight excluding hydrogens is 133 g/mol. The van der Waals surface area contributed by atoms with E-state index in [9.17, 15) is 4.39 Å². The summed E-state index contributed by atoms with van der Waals surface area (Å²) in [7, 11) is 0. The zero-order chi connectivity index (χ0) is 6.85. The molecule has 0 aromatic heterocycles. The summed E-state index contributed by atoms with van der Waals surface area (Å²) in [6, 6.07) is 4.72. The quantitative estimate of drug-likeness (QED) is 0.471. The van der Waals surface area contributed by atoms with E-state index >= 15 is 0 Å². The van der Waals surface area contributed by atoms with Gasteiger partial charge in [0.2, 0.25) is 0 Å². The third-order valence-corrected chi connectivity index (χ3v) is 1.38. The summed E-state index contributed by atoms with van der Waals surface area (Å²) in [5.74, 6) is -0.350. The van der Waals surface area contributed by atoms with Gasteiger partial charge in [0.15, 0.2) is 0 Å². The number of benzene rings is 1. The second-order valence-electron chi connectivity index (χ2n) is 1.92. The van der Waals surface area contributed by atoms with Crippen LogP contribution >= 0.6 is 11.6 Å². The zero-order valence-corrected chi connectivity index (χ0v) is 5.74. The number of rotatable bonds is 0. The van der Waals surface area contributed by atoms with E-state index in [4.69, 9.17) is 11.6 Å². The first-order valence-electron chi connectivity index (χ1n) is 2.62. The van der Waals surface area contributed by atoms with Crippen molar-refractivity contribution in [2.75, 3.05) is 0 Å². The predicted octanol–water partition coefficient (Wildman–Crippen LogP) is 1.27. The van der Waals surface area contributed by atoms with Gasteiger partial charge < -0.3 is 0 Å². The van der Waals surface area contributed by atoms with Crippen molar-refractivity contribution in [2.24, 2.45) is 0 Å². The fourth-order valence-electron chi connectivity index (χ4n) is 0.601. The van der Waals surface area contributed by atoms with Gasteiger partial charge in [0, 0.05) is 0 Å². The van der Waals surface area contributed by atoms with Crippen LogP contribution in [0.5, 0.6) is 0 Å². The van der Waals surface area contributed by atoms with Gasteiger partial charge in [-0.25, -0.2) is 0 Å². The molecule has 42 valence electrons. The summed E-state index contributed by atoms with van der Waals surface area (Å²) in [5.41, 5.74) is 0. The first-order chi connectivity index (χ1) is 4.20. The van der Waals surface area contributed by atoms with E-state index in [1.165, 1.54) is 6.07 Å². The molecule has 0 N–H and O–H groups in total. The fraction of sp³-hybridized carbons (Fsp3) is 0. The summed E-state index contributed by atoms with van der Waals surface area (Å²) in [4.78, 5) is 0. The Morgan fingerprint density at radius 1 is 1.44 bits per heavy atom. The van der Waals surface area contributed by atoms with Crippen LogP contribution in [-0.2, 0) is 0 Å². The molecule has 0 saturated carbocycles. The van der Waals surface area contributed by atoms with Crippen LogP contribution in [0, 0.1) is 5.82 Å². The van der Waals surface area contributed by atoms with Gasteiger partial charge in [-0.15, -0.1) is 0 Å². The van der Waals surface area contributed by atoms with Crippen molar-refractivity contribution in [3.63, 3.8) is 0 Å². The van der Waals surface area contributed by atoms with Crippen LogP contribution in [0.4, 0.5) is 4.39 Å². The van der Waals surface area contributed by atoms with Crippen molar-refractivity contribution >= 4 is 33.6 Å². The van der Waals surface area contributed by atoms with E-state index in [-0.39, 0.29) is 10.8 Å². The first-order valence-corrected chi connectivity index (χ1v) is 2.99. The van der Waals surface area contributed by atoms with E-state index in [1.54, 1.807) is 12.1 Å². The Morgan fingerprint density at radius 2 is 2.11 bits per heavy atom. The second kappa shape index (κ2) is 2.75. The van der Waals surface area contributed by atoms with Crippen molar-refractivity contribution in [1.82, 2.24) is 0 Å².